The highest BCUT2D eigenvalue weighted by Crippen LogP contribution is 2.46. The first-order valence-corrected chi connectivity index (χ1v) is 6.73. The number of carbonyl (C=O) groups is 2. The maximum atomic E-state index is 11.6. The Morgan fingerprint density at radius 2 is 1.82 bits per heavy atom. The van der Waals surface area contributed by atoms with Crippen molar-refractivity contribution in [2.75, 3.05) is 5.75 Å². The Morgan fingerprint density at radius 1 is 1.12 bits per heavy atom. The molecule has 4 heteroatoms. The molecule has 0 bridgehead atoms. The molecule has 2 aliphatic rings. The second-order valence-electron chi connectivity index (χ2n) is 4.70. The van der Waals surface area contributed by atoms with Crippen molar-refractivity contribution in [3.05, 3.63) is 29.8 Å². The van der Waals surface area contributed by atoms with E-state index in [1.54, 1.807) is 0 Å². The van der Waals surface area contributed by atoms with Crippen LogP contribution in [-0.2, 0) is 15.0 Å². The minimum Gasteiger partial charge on any atom is -0.296 e. The smallest absolute Gasteiger partial charge is 0.227 e. The number of rotatable bonds is 0. The molecular formula is C13H13NO2S. The van der Waals surface area contributed by atoms with Gasteiger partial charge >= 0.3 is 0 Å². The molecule has 0 aliphatic carbocycles. The Bertz CT molecular complexity index is 482. The number of piperidine rings is 1. The molecule has 1 N–H and O–H groups in total. The zero-order valence-corrected chi connectivity index (χ0v) is 10.2. The molecular weight excluding hydrogens is 234 g/mol. The van der Waals surface area contributed by atoms with Crippen LogP contribution in [0.15, 0.2) is 29.2 Å². The number of thioether (sulfide) groups is 1. The van der Waals surface area contributed by atoms with Gasteiger partial charge in [0.05, 0.1) is 0 Å². The van der Waals surface area contributed by atoms with E-state index < -0.39 is 0 Å². The summed E-state index contributed by atoms with van der Waals surface area (Å²) in [5.74, 6) is 0.711. The van der Waals surface area contributed by atoms with Gasteiger partial charge in [0.1, 0.15) is 0 Å². The van der Waals surface area contributed by atoms with E-state index >= 15 is 0 Å². The first-order valence-electron chi connectivity index (χ1n) is 5.75. The van der Waals surface area contributed by atoms with E-state index in [9.17, 15) is 9.59 Å². The summed E-state index contributed by atoms with van der Waals surface area (Å²) in [7, 11) is 0. The Kier molecular flexibility index (Phi) is 2.47. The van der Waals surface area contributed by atoms with Gasteiger partial charge < -0.3 is 0 Å². The number of fused-ring (bicyclic) bond motifs is 2. The van der Waals surface area contributed by atoms with Crippen molar-refractivity contribution >= 4 is 23.6 Å². The van der Waals surface area contributed by atoms with Crippen molar-refractivity contribution in [3.63, 3.8) is 0 Å². The Balaban J connectivity index is 2.09. The zero-order chi connectivity index (χ0) is 11.9. The van der Waals surface area contributed by atoms with Gasteiger partial charge in [0.25, 0.3) is 0 Å². The van der Waals surface area contributed by atoms with Crippen molar-refractivity contribution in [2.45, 2.75) is 29.6 Å². The molecule has 1 aromatic rings. The summed E-state index contributed by atoms with van der Waals surface area (Å²) < 4.78 is 0. The minimum absolute atomic E-state index is 0.136. The Hall–Kier alpha value is -1.29. The van der Waals surface area contributed by atoms with Gasteiger partial charge in [-0.1, -0.05) is 18.2 Å². The van der Waals surface area contributed by atoms with Gasteiger partial charge in [-0.3, -0.25) is 14.9 Å². The van der Waals surface area contributed by atoms with E-state index in [1.165, 1.54) is 10.5 Å². The summed E-state index contributed by atoms with van der Waals surface area (Å²) in [6.45, 7) is 0. The molecule has 3 rings (SSSR count). The maximum absolute atomic E-state index is 11.6. The van der Waals surface area contributed by atoms with Gasteiger partial charge in [-0.2, -0.15) is 0 Å². The van der Waals surface area contributed by atoms with E-state index in [0.717, 1.165) is 12.2 Å². The Labute approximate surface area is 104 Å². The summed E-state index contributed by atoms with van der Waals surface area (Å²) in [4.78, 5) is 24.5. The maximum Gasteiger partial charge on any atom is 0.227 e. The molecule has 88 valence electrons. The molecule has 1 fully saturated rings. The molecule has 0 atom stereocenters. The van der Waals surface area contributed by atoms with Crippen molar-refractivity contribution < 1.29 is 9.59 Å². The molecule has 2 aliphatic heterocycles. The van der Waals surface area contributed by atoms with Gasteiger partial charge in [0.2, 0.25) is 11.8 Å². The summed E-state index contributed by atoms with van der Waals surface area (Å²) in [6.07, 6.45) is 1.79. The molecule has 2 heterocycles. The largest absolute Gasteiger partial charge is 0.296 e. The lowest BCUT2D eigenvalue weighted by atomic mass is 9.70. The van der Waals surface area contributed by atoms with Crippen LogP contribution in [0.25, 0.3) is 0 Å². The van der Waals surface area contributed by atoms with E-state index in [-0.39, 0.29) is 17.2 Å². The van der Waals surface area contributed by atoms with Crippen molar-refractivity contribution in [1.29, 1.82) is 0 Å². The van der Waals surface area contributed by atoms with Crippen molar-refractivity contribution in [3.8, 4) is 0 Å². The highest BCUT2D eigenvalue weighted by Gasteiger charge is 2.43. The third-order valence-electron chi connectivity index (χ3n) is 3.57. The van der Waals surface area contributed by atoms with Crippen LogP contribution < -0.4 is 5.32 Å². The van der Waals surface area contributed by atoms with Crippen LogP contribution in [0.1, 0.15) is 24.8 Å². The zero-order valence-electron chi connectivity index (χ0n) is 9.36. The van der Waals surface area contributed by atoms with E-state index in [1.807, 2.05) is 23.9 Å². The van der Waals surface area contributed by atoms with Crippen LogP contribution in [0.3, 0.4) is 0 Å². The minimum atomic E-state index is -0.249. The monoisotopic (exact) mass is 247 g/mol. The highest BCUT2D eigenvalue weighted by atomic mass is 32.2. The van der Waals surface area contributed by atoms with Crippen LogP contribution in [0, 0.1) is 0 Å². The van der Waals surface area contributed by atoms with Gasteiger partial charge in [-0.05, 0) is 23.8 Å². The van der Waals surface area contributed by atoms with Gasteiger partial charge in [0.15, 0.2) is 0 Å². The SMILES string of the molecule is O=C1CC2(CCSc3ccccc32)CC(=O)N1. The standard InChI is InChI=1S/C13H13NO2S/c15-11-7-13(8-12(16)14-11)5-6-17-10-4-2-1-3-9(10)13/h1-4H,5-8H2,(H,14,15,16). The lowest BCUT2D eigenvalue weighted by Crippen LogP contribution is -2.48. The lowest BCUT2D eigenvalue weighted by Gasteiger charge is -2.40. The normalized spacial score (nSPS) is 22.1. The second kappa shape index (κ2) is 3.88. The number of amides is 2. The fourth-order valence-electron chi connectivity index (χ4n) is 2.81. The number of hydrogen-bond donors (Lipinski definition) is 1. The summed E-state index contributed by atoms with van der Waals surface area (Å²) in [6, 6.07) is 8.14. The first kappa shape index (κ1) is 10.8. The number of benzene rings is 1. The number of imide groups is 1. The third kappa shape index (κ3) is 1.76. The molecule has 0 radical (unpaired) electrons. The predicted molar refractivity (Wildman–Crippen MR) is 65.8 cm³/mol. The van der Waals surface area contributed by atoms with Crippen LogP contribution in [0.4, 0.5) is 0 Å². The number of hydrogen-bond acceptors (Lipinski definition) is 3. The molecule has 0 unspecified atom stereocenters. The Morgan fingerprint density at radius 3 is 2.59 bits per heavy atom. The summed E-state index contributed by atoms with van der Waals surface area (Å²) in [5.41, 5.74) is 0.931. The van der Waals surface area contributed by atoms with Crippen LogP contribution in [0.5, 0.6) is 0 Å². The van der Waals surface area contributed by atoms with Crippen LogP contribution in [0.2, 0.25) is 0 Å². The molecule has 1 aromatic carbocycles. The predicted octanol–water partition coefficient (Wildman–Crippen LogP) is 1.86. The molecule has 0 saturated carbocycles. The average Bonchev–Trinajstić information content (AvgIpc) is 2.28. The van der Waals surface area contributed by atoms with Crippen molar-refractivity contribution in [2.24, 2.45) is 0 Å². The molecule has 1 spiro atoms. The fraction of sp³-hybridized carbons (Fsp3) is 0.385. The third-order valence-corrected chi connectivity index (χ3v) is 4.65. The molecule has 3 nitrogen and oxygen atoms in total. The van der Waals surface area contributed by atoms with E-state index in [4.69, 9.17) is 0 Å². The quantitative estimate of drug-likeness (QED) is 0.712. The lowest BCUT2D eigenvalue weighted by molar-refractivity contribution is -0.135. The topological polar surface area (TPSA) is 46.2 Å². The molecule has 2 amide bonds. The van der Waals surface area contributed by atoms with Gasteiger partial charge in [-0.25, -0.2) is 0 Å². The average molecular weight is 247 g/mol. The number of carbonyl (C=O) groups excluding carboxylic acids is 2. The van der Waals surface area contributed by atoms with E-state index in [0.29, 0.717) is 12.8 Å². The number of nitrogens with one attached hydrogen (secondary N) is 1. The van der Waals surface area contributed by atoms with Gasteiger partial charge in [-0.15, -0.1) is 11.8 Å². The van der Waals surface area contributed by atoms with Crippen LogP contribution >= 0.6 is 11.8 Å². The first-order chi connectivity index (χ1) is 8.20. The van der Waals surface area contributed by atoms with Crippen LogP contribution in [-0.4, -0.2) is 17.6 Å². The fourth-order valence-corrected chi connectivity index (χ4v) is 4.14. The molecule has 1 saturated heterocycles. The molecule has 0 aromatic heterocycles. The van der Waals surface area contributed by atoms with Gasteiger partial charge in [0, 0.05) is 23.2 Å². The highest BCUT2D eigenvalue weighted by molar-refractivity contribution is 7.99. The van der Waals surface area contributed by atoms with Crippen molar-refractivity contribution in [1.82, 2.24) is 5.32 Å². The van der Waals surface area contributed by atoms with E-state index in [2.05, 4.69) is 17.4 Å². The molecule has 17 heavy (non-hydrogen) atoms. The summed E-state index contributed by atoms with van der Waals surface area (Å²) in [5, 5.41) is 2.40. The summed E-state index contributed by atoms with van der Waals surface area (Å²) >= 11 is 1.82. The second-order valence-corrected chi connectivity index (χ2v) is 5.84.